The molecule has 0 saturated carbocycles. The van der Waals surface area contributed by atoms with Gasteiger partial charge in [0, 0.05) is 35.8 Å². The molecule has 1 aromatic carbocycles. The van der Waals surface area contributed by atoms with Crippen molar-refractivity contribution in [2.45, 2.75) is 26.6 Å². The minimum absolute atomic E-state index is 0.288. The Balaban J connectivity index is 0.000000509. The van der Waals surface area contributed by atoms with Crippen molar-refractivity contribution < 1.29 is 33.0 Å². The molecule has 0 saturated heterocycles. The highest BCUT2D eigenvalue weighted by Gasteiger charge is 2.38. The van der Waals surface area contributed by atoms with E-state index < -0.39 is 23.5 Å². The van der Waals surface area contributed by atoms with Crippen LogP contribution in [0.1, 0.15) is 23.0 Å². The summed E-state index contributed by atoms with van der Waals surface area (Å²) >= 11 is 12.1. The summed E-state index contributed by atoms with van der Waals surface area (Å²) < 4.78 is 33.5. The van der Waals surface area contributed by atoms with Crippen molar-refractivity contribution in [2.75, 3.05) is 0 Å². The normalized spacial score (nSPS) is 10.9. The van der Waals surface area contributed by atoms with Crippen LogP contribution in [0.25, 0.3) is 22.4 Å². The zero-order chi connectivity index (χ0) is 25.8. The fourth-order valence-electron chi connectivity index (χ4n) is 3.23. The SMILES string of the molecule is CCn1c(C)c(-c2ccncc2)c(=O)c(C(=O)O)c1-c1ccc(Cl)c(Cl)c1.O=C(O)C(F)(F)F. The number of nitrogens with zero attached hydrogens (tertiary/aromatic N) is 2. The molecule has 2 heterocycles. The topological polar surface area (TPSA) is 109 Å². The molecule has 2 aromatic heterocycles. The zero-order valence-electron chi connectivity index (χ0n) is 17.7. The van der Waals surface area contributed by atoms with Crippen molar-refractivity contribution in [2.24, 2.45) is 0 Å². The third-order valence-electron chi connectivity index (χ3n) is 4.66. The van der Waals surface area contributed by atoms with Crippen LogP contribution in [-0.2, 0) is 11.3 Å². The molecule has 0 aliphatic rings. The lowest BCUT2D eigenvalue weighted by Crippen LogP contribution is -2.25. The van der Waals surface area contributed by atoms with E-state index in [-0.39, 0.29) is 10.6 Å². The number of aromatic carboxylic acids is 1. The molecule has 0 fully saturated rings. The Morgan fingerprint density at radius 2 is 1.59 bits per heavy atom. The highest BCUT2D eigenvalue weighted by molar-refractivity contribution is 6.42. The van der Waals surface area contributed by atoms with Crippen molar-refractivity contribution in [3.05, 3.63) is 74.3 Å². The van der Waals surface area contributed by atoms with Crippen LogP contribution in [-0.4, -0.2) is 37.9 Å². The van der Waals surface area contributed by atoms with E-state index in [9.17, 15) is 27.9 Å². The first-order valence-electron chi connectivity index (χ1n) is 9.47. The molecule has 0 bridgehead atoms. The molecular formula is C22H17Cl2F3N2O5. The molecule has 0 aliphatic carbocycles. The molecule has 3 rings (SSSR count). The van der Waals surface area contributed by atoms with Gasteiger partial charge >= 0.3 is 18.1 Å². The van der Waals surface area contributed by atoms with E-state index in [1.807, 2.05) is 6.92 Å². The number of alkyl halides is 3. The highest BCUT2D eigenvalue weighted by atomic mass is 35.5. The molecule has 0 amide bonds. The molecule has 2 N–H and O–H groups in total. The summed E-state index contributed by atoms with van der Waals surface area (Å²) in [7, 11) is 0. The van der Waals surface area contributed by atoms with Crippen molar-refractivity contribution in [1.82, 2.24) is 9.55 Å². The number of aliphatic carboxylic acids is 1. The van der Waals surface area contributed by atoms with E-state index in [4.69, 9.17) is 33.1 Å². The molecule has 12 heteroatoms. The summed E-state index contributed by atoms with van der Waals surface area (Å²) in [6, 6.07) is 8.19. The van der Waals surface area contributed by atoms with E-state index >= 15 is 0 Å². The third kappa shape index (κ3) is 5.75. The fourth-order valence-corrected chi connectivity index (χ4v) is 3.53. The molecule has 180 valence electrons. The standard InChI is InChI=1S/C20H16Cl2N2O3.C2HF3O2/c1-3-24-11(2)16(12-6-8-23-9-7-12)19(25)17(20(26)27)18(24)13-4-5-14(21)15(22)10-13;3-2(4,5)1(6)7/h4-10H,3H2,1-2H3,(H,26,27);(H,6,7). The van der Waals surface area contributed by atoms with Gasteiger partial charge in [-0.1, -0.05) is 29.3 Å². The van der Waals surface area contributed by atoms with Crippen LogP contribution < -0.4 is 5.43 Å². The first-order valence-corrected chi connectivity index (χ1v) is 10.2. The van der Waals surface area contributed by atoms with Gasteiger partial charge in [-0.05, 0) is 43.7 Å². The summed E-state index contributed by atoms with van der Waals surface area (Å²) in [4.78, 5) is 38.1. The second-order valence-corrected chi connectivity index (χ2v) is 7.54. The van der Waals surface area contributed by atoms with Gasteiger partial charge in [-0.3, -0.25) is 9.78 Å². The van der Waals surface area contributed by atoms with E-state index in [1.165, 1.54) is 0 Å². The Morgan fingerprint density at radius 3 is 2.03 bits per heavy atom. The number of benzene rings is 1. The summed E-state index contributed by atoms with van der Waals surface area (Å²) in [5.74, 6) is -4.05. The molecule has 0 radical (unpaired) electrons. The van der Waals surface area contributed by atoms with Gasteiger partial charge in [-0.25, -0.2) is 9.59 Å². The third-order valence-corrected chi connectivity index (χ3v) is 5.40. The van der Waals surface area contributed by atoms with Crippen LogP contribution in [0.3, 0.4) is 0 Å². The Labute approximate surface area is 201 Å². The zero-order valence-corrected chi connectivity index (χ0v) is 19.2. The Morgan fingerprint density at radius 1 is 1.03 bits per heavy atom. The van der Waals surface area contributed by atoms with Gasteiger partial charge in [0.2, 0.25) is 5.43 Å². The average molecular weight is 517 g/mol. The highest BCUT2D eigenvalue weighted by Crippen LogP contribution is 2.32. The van der Waals surface area contributed by atoms with Gasteiger partial charge in [0.15, 0.2) is 0 Å². The van der Waals surface area contributed by atoms with E-state index in [2.05, 4.69) is 4.98 Å². The molecule has 7 nitrogen and oxygen atoms in total. The van der Waals surface area contributed by atoms with Crippen molar-refractivity contribution in [3.8, 4) is 22.4 Å². The molecule has 0 aliphatic heterocycles. The fraction of sp³-hybridized carbons (Fsp3) is 0.182. The van der Waals surface area contributed by atoms with Gasteiger partial charge in [-0.2, -0.15) is 13.2 Å². The second kappa shape index (κ2) is 10.7. The van der Waals surface area contributed by atoms with Crippen LogP contribution in [0, 0.1) is 6.92 Å². The maximum absolute atomic E-state index is 13.2. The number of halogens is 5. The number of carbonyl (C=O) groups is 2. The summed E-state index contributed by atoms with van der Waals surface area (Å²) in [5, 5.41) is 17.6. The maximum Gasteiger partial charge on any atom is 0.490 e. The minimum Gasteiger partial charge on any atom is -0.477 e. The van der Waals surface area contributed by atoms with Crippen LogP contribution in [0.5, 0.6) is 0 Å². The lowest BCUT2D eigenvalue weighted by molar-refractivity contribution is -0.192. The largest absolute Gasteiger partial charge is 0.490 e. The van der Waals surface area contributed by atoms with Gasteiger partial charge in [0.05, 0.1) is 15.7 Å². The molecule has 34 heavy (non-hydrogen) atoms. The predicted octanol–water partition coefficient (Wildman–Crippen LogP) is 5.54. The van der Waals surface area contributed by atoms with Gasteiger partial charge in [-0.15, -0.1) is 0 Å². The number of hydrogen-bond acceptors (Lipinski definition) is 4. The van der Waals surface area contributed by atoms with Crippen LogP contribution in [0.15, 0.2) is 47.5 Å². The quantitative estimate of drug-likeness (QED) is 0.470. The Bertz CT molecular complexity index is 1290. The lowest BCUT2D eigenvalue weighted by Gasteiger charge is -2.21. The molecular weight excluding hydrogens is 500 g/mol. The van der Waals surface area contributed by atoms with Crippen molar-refractivity contribution in [3.63, 3.8) is 0 Å². The van der Waals surface area contributed by atoms with Gasteiger partial charge in [0.1, 0.15) is 5.56 Å². The Kier molecular flexibility index (Phi) is 8.46. The second-order valence-electron chi connectivity index (χ2n) is 6.73. The minimum atomic E-state index is -5.08. The molecule has 0 atom stereocenters. The molecule has 0 spiro atoms. The number of carboxylic acids is 2. The number of pyridine rings is 2. The monoisotopic (exact) mass is 516 g/mol. The lowest BCUT2D eigenvalue weighted by atomic mass is 9.96. The van der Waals surface area contributed by atoms with Crippen LogP contribution in [0.2, 0.25) is 10.0 Å². The summed E-state index contributed by atoms with van der Waals surface area (Å²) in [6.07, 6.45) is -1.95. The van der Waals surface area contributed by atoms with Gasteiger partial charge < -0.3 is 14.8 Å². The molecule has 3 aromatic rings. The summed E-state index contributed by atoms with van der Waals surface area (Å²) in [5.41, 5.74) is 1.62. The van der Waals surface area contributed by atoms with Crippen molar-refractivity contribution >= 4 is 35.1 Å². The molecule has 0 unspecified atom stereocenters. The van der Waals surface area contributed by atoms with Gasteiger partial charge in [0.25, 0.3) is 0 Å². The van der Waals surface area contributed by atoms with E-state index in [0.29, 0.717) is 39.6 Å². The average Bonchev–Trinajstić information content (AvgIpc) is 2.75. The number of hydrogen-bond donors (Lipinski definition) is 2. The first kappa shape index (κ1) is 26.9. The van der Waals surface area contributed by atoms with Crippen LogP contribution in [0.4, 0.5) is 13.2 Å². The first-order chi connectivity index (χ1) is 15.8. The maximum atomic E-state index is 13.2. The smallest absolute Gasteiger partial charge is 0.477 e. The summed E-state index contributed by atoms with van der Waals surface area (Å²) in [6.45, 7) is 4.16. The number of carboxylic acid groups (broad SMARTS) is 2. The van der Waals surface area contributed by atoms with E-state index in [0.717, 1.165) is 0 Å². The van der Waals surface area contributed by atoms with E-state index in [1.54, 1.807) is 54.2 Å². The van der Waals surface area contributed by atoms with Crippen molar-refractivity contribution in [1.29, 1.82) is 0 Å². The number of aromatic nitrogens is 2. The predicted molar refractivity (Wildman–Crippen MR) is 120 cm³/mol. The number of rotatable bonds is 4. The Hall–Kier alpha value is -3.37. The van der Waals surface area contributed by atoms with Crippen LogP contribution >= 0.6 is 23.2 Å².